The zero-order chi connectivity index (χ0) is 21.1. The molecule has 0 aliphatic heterocycles. The van der Waals surface area contributed by atoms with E-state index in [4.69, 9.17) is 5.11 Å². The van der Waals surface area contributed by atoms with E-state index in [1.54, 1.807) is 0 Å². The molecule has 31 heavy (non-hydrogen) atoms. The Labute approximate surface area is 231 Å². The first-order chi connectivity index (χ1) is 13.6. The van der Waals surface area contributed by atoms with E-state index in [0.29, 0.717) is 30.1 Å². The quantitative estimate of drug-likeness (QED) is 0.486. The Balaban J connectivity index is 0.00000171. The normalized spacial score (nSPS) is 49.5. The molecule has 7 heteroatoms. The second-order valence-electron chi connectivity index (χ2n) is 11.4. The molecule has 5 nitrogen and oxygen atoms in total. The maximum atomic E-state index is 11.5. The summed E-state index contributed by atoms with van der Waals surface area (Å²) in [6.07, 6.45) is 6.00. The van der Waals surface area contributed by atoms with Crippen LogP contribution in [0.5, 0.6) is 0 Å². The van der Waals surface area contributed by atoms with Crippen LogP contribution in [0.1, 0.15) is 78.6 Å². The fourth-order valence-corrected chi connectivity index (χ4v) is 8.68. The number of hydrogen-bond acceptors (Lipinski definition) is 4. The van der Waals surface area contributed by atoms with Crippen molar-refractivity contribution in [3.63, 3.8) is 0 Å². The number of fused-ring (bicyclic) bond motifs is 5. The third-order valence-electron chi connectivity index (χ3n) is 10.3. The van der Waals surface area contributed by atoms with Crippen LogP contribution < -0.4 is 0 Å². The summed E-state index contributed by atoms with van der Waals surface area (Å²) in [7, 11) is 0. The van der Waals surface area contributed by atoms with E-state index in [0.717, 1.165) is 44.9 Å². The molecule has 0 amide bonds. The molecule has 0 aromatic carbocycles. The van der Waals surface area contributed by atoms with E-state index in [-0.39, 0.29) is 100 Å². The van der Waals surface area contributed by atoms with E-state index >= 15 is 0 Å². The van der Waals surface area contributed by atoms with Gasteiger partial charge in [-0.2, -0.15) is 0 Å². The molecule has 0 spiro atoms. The summed E-state index contributed by atoms with van der Waals surface area (Å²) in [5.74, 6) is 0.997. The molecule has 4 N–H and O–H groups in total. The van der Waals surface area contributed by atoms with Gasteiger partial charge in [-0.25, -0.2) is 0 Å². The third kappa shape index (κ3) is 4.76. The van der Waals surface area contributed by atoms with Gasteiger partial charge < -0.3 is 20.4 Å². The van der Waals surface area contributed by atoms with Gasteiger partial charge in [0.15, 0.2) is 0 Å². The first-order valence-electron chi connectivity index (χ1n) is 11.8. The average Bonchev–Trinajstić information content (AvgIpc) is 3.01. The molecule has 0 heterocycles. The Morgan fingerprint density at radius 2 is 1.68 bits per heavy atom. The van der Waals surface area contributed by atoms with E-state index in [2.05, 4.69) is 20.8 Å². The summed E-state index contributed by atoms with van der Waals surface area (Å²) in [5, 5.41) is 42.0. The van der Waals surface area contributed by atoms with Crippen LogP contribution in [0.3, 0.4) is 0 Å². The van der Waals surface area contributed by atoms with Crippen LogP contribution in [0, 0.1) is 46.3 Å². The van der Waals surface area contributed by atoms with Crippen LogP contribution >= 0.6 is 0 Å². The van der Waals surface area contributed by atoms with Crippen molar-refractivity contribution in [3.8, 4) is 0 Å². The fraction of sp³-hybridized carbons (Fsp3) is 0.958. The molecule has 4 rings (SSSR count). The van der Waals surface area contributed by atoms with Crippen molar-refractivity contribution in [2.75, 3.05) is 0 Å². The van der Waals surface area contributed by atoms with E-state index in [1.807, 2.05) is 0 Å². The predicted octanol–water partition coefficient (Wildman–Crippen LogP) is 2.15. The molecule has 4 saturated carbocycles. The molecular formula is C24H42Na2O5. The molecule has 4 aliphatic rings. The minimum atomic E-state index is -0.748. The summed E-state index contributed by atoms with van der Waals surface area (Å²) in [6, 6.07) is 0. The second kappa shape index (κ2) is 10.5. The van der Waals surface area contributed by atoms with Gasteiger partial charge in [-0.15, -0.1) is 0 Å². The zero-order valence-corrected chi connectivity index (χ0v) is 18.3. The van der Waals surface area contributed by atoms with Crippen LogP contribution in [-0.2, 0) is 4.79 Å². The molecule has 0 unspecified atom stereocenters. The number of aliphatic hydroxyl groups is 3. The minimum absolute atomic E-state index is 0. The molecule has 170 valence electrons. The topological polar surface area (TPSA) is 98.0 Å². The van der Waals surface area contributed by atoms with Crippen LogP contribution in [0.15, 0.2) is 0 Å². The Kier molecular flexibility index (Phi) is 9.72. The number of carboxylic acid groups (broad SMARTS) is 1. The molecule has 0 saturated heterocycles. The van der Waals surface area contributed by atoms with Crippen molar-refractivity contribution >= 4 is 65.1 Å². The summed E-state index contributed by atoms with van der Waals surface area (Å²) in [5.41, 5.74) is -0.143. The molecule has 0 aromatic rings. The number of carboxylic acids is 1. The Morgan fingerprint density at radius 3 is 2.32 bits per heavy atom. The van der Waals surface area contributed by atoms with E-state index < -0.39 is 12.1 Å². The Bertz CT molecular complexity index is 647. The van der Waals surface area contributed by atoms with Crippen LogP contribution in [0.25, 0.3) is 0 Å². The van der Waals surface area contributed by atoms with Crippen LogP contribution in [-0.4, -0.2) is 104 Å². The van der Waals surface area contributed by atoms with Crippen molar-refractivity contribution < 1.29 is 25.2 Å². The van der Waals surface area contributed by atoms with E-state index in [1.165, 1.54) is 0 Å². The average molecular weight is 457 g/mol. The van der Waals surface area contributed by atoms with Crippen LogP contribution in [0.4, 0.5) is 0 Å². The third-order valence-corrected chi connectivity index (χ3v) is 10.3. The molecule has 0 radical (unpaired) electrons. The Morgan fingerprint density at radius 1 is 1.00 bits per heavy atom. The van der Waals surface area contributed by atoms with Gasteiger partial charge in [-0.1, -0.05) is 20.8 Å². The van der Waals surface area contributed by atoms with Gasteiger partial charge in [0.2, 0.25) is 0 Å². The second-order valence-corrected chi connectivity index (χ2v) is 11.4. The van der Waals surface area contributed by atoms with Crippen molar-refractivity contribution in [2.24, 2.45) is 46.3 Å². The van der Waals surface area contributed by atoms with Gasteiger partial charge in [0, 0.05) is 6.42 Å². The maximum absolute atomic E-state index is 11.5. The monoisotopic (exact) mass is 456 g/mol. The van der Waals surface area contributed by atoms with Gasteiger partial charge >= 0.3 is 65.1 Å². The fourth-order valence-electron chi connectivity index (χ4n) is 8.68. The number of aliphatic hydroxyl groups excluding tert-OH is 3. The van der Waals surface area contributed by atoms with Gasteiger partial charge in [0.1, 0.15) is 0 Å². The standard InChI is InChI=1S/C24H40O5.2Na.2H/c1-13(4-7-21(28)29)16-5-6-17-22-18(12-20(27)24(16,17)3)23(2)9-8-15(25)10-14(23)11-19(22)26;;;;/h13-20,22,25-27H,4-12H2,1-3H3,(H,28,29);;;;/t13-,14+,15-,16-,17+,18+,19-,20+,22+,23+,24-;;;;/m1..../s1. The summed E-state index contributed by atoms with van der Waals surface area (Å²) >= 11 is 0. The van der Waals surface area contributed by atoms with Crippen LogP contribution in [0.2, 0.25) is 0 Å². The number of rotatable bonds is 4. The summed E-state index contributed by atoms with van der Waals surface area (Å²) < 4.78 is 0. The summed E-state index contributed by atoms with van der Waals surface area (Å²) in [4.78, 5) is 11.1. The van der Waals surface area contributed by atoms with Crippen molar-refractivity contribution in [3.05, 3.63) is 0 Å². The SMILES string of the molecule is C[C@H](CCC(=O)O)[C@H]1CC[C@H]2[C@@H]3[C@H](O)C[C@@H]4C[C@H](O)CC[C@]4(C)[C@H]3C[C@H](O)[C@]12C.[NaH].[NaH]. The van der Waals surface area contributed by atoms with Gasteiger partial charge in [-0.3, -0.25) is 4.79 Å². The molecule has 4 fully saturated rings. The van der Waals surface area contributed by atoms with E-state index in [9.17, 15) is 20.1 Å². The molecule has 11 atom stereocenters. The number of carbonyl (C=O) groups is 1. The first-order valence-corrected chi connectivity index (χ1v) is 11.8. The Hall–Kier alpha value is 1.35. The number of aliphatic carboxylic acids is 1. The molecule has 4 aliphatic carbocycles. The number of hydrogen-bond donors (Lipinski definition) is 4. The predicted molar refractivity (Wildman–Crippen MR) is 124 cm³/mol. The zero-order valence-electron chi connectivity index (χ0n) is 18.3. The molecule has 0 aromatic heterocycles. The van der Waals surface area contributed by atoms with Crippen molar-refractivity contribution in [1.82, 2.24) is 0 Å². The first kappa shape index (κ1) is 28.6. The molecular weight excluding hydrogens is 414 g/mol. The van der Waals surface area contributed by atoms with Gasteiger partial charge in [0.05, 0.1) is 18.3 Å². The van der Waals surface area contributed by atoms with Gasteiger partial charge in [0.25, 0.3) is 0 Å². The summed E-state index contributed by atoms with van der Waals surface area (Å²) in [6.45, 7) is 6.72. The van der Waals surface area contributed by atoms with Crippen molar-refractivity contribution in [2.45, 2.75) is 96.9 Å². The molecule has 0 bridgehead atoms. The van der Waals surface area contributed by atoms with Crippen molar-refractivity contribution in [1.29, 1.82) is 0 Å². The van der Waals surface area contributed by atoms with Gasteiger partial charge in [-0.05, 0) is 97.7 Å².